The van der Waals surface area contributed by atoms with Crippen molar-refractivity contribution in [1.82, 2.24) is 24.6 Å². The summed E-state index contributed by atoms with van der Waals surface area (Å²) in [6.45, 7) is 4.19. The molecule has 4 rings (SSSR count). The van der Waals surface area contributed by atoms with Crippen molar-refractivity contribution < 1.29 is 4.79 Å². The van der Waals surface area contributed by atoms with Crippen LogP contribution < -0.4 is 10.6 Å². The molecule has 0 radical (unpaired) electrons. The van der Waals surface area contributed by atoms with Gasteiger partial charge in [-0.05, 0) is 6.07 Å². The van der Waals surface area contributed by atoms with E-state index in [1.807, 2.05) is 29.2 Å². The fraction of sp³-hybridized carbons (Fsp3) is 0.333. The highest BCUT2D eigenvalue weighted by Crippen LogP contribution is 2.35. The number of hydrogen-bond acceptors (Lipinski definition) is 6. The van der Waals surface area contributed by atoms with Gasteiger partial charge in [0.05, 0.1) is 11.1 Å². The van der Waals surface area contributed by atoms with Gasteiger partial charge in [-0.15, -0.1) is 0 Å². The maximum atomic E-state index is 11.6. The largest absolute Gasteiger partial charge is 0.383 e. The third kappa shape index (κ3) is 3.06. The van der Waals surface area contributed by atoms with E-state index in [4.69, 9.17) is 22.3 Å². The number of anilines is 2. The highest BCUT2D eigenvalue weighted by molar-refractivity contribution is 6.33. The number of piperazine rings is 1. The molecule has 0 saturated carbocycles. The second-order valence-corrected chi connectivity index (χ2v) is 6.96. The first-order valence-electron chi connectivity index (χ1n) is 8.71. The molecule has 1 aliphatic rings. The summed E-state index contributed by atoms with van der Waals surface area (Å²) in [5, 5.41) is 5.72. The van der Waals surface area contributed by atoms with E-state index >= 15 is 0 Å². The molecule has 0 atom stereocenters. The summed E-state index contributed by atoms with van der Waals surface area (Å²) >= 11 is 6.42. The Balaban J connectivity index is 1.82. The Morgan fingerprint density at radius 2 is 1.85 bits per heavy atom. The fourth-order valence-electron chi connectivity index (χ4n) is 3.31. The first kappa shape index (κ1) is 17.5. The molecular formula is C18H20ClN7O. The highest BCUT2D eigenvalue weighted by atomic mass is 35.5. The Bertz CT molecular complexity index is 1020. The molecule has 27 heavy (non-hydrogen) atoms. The Labute approximate surface area is 161 Å². The molecule has 0 bridgehead atoms. The zero-order valence-electron chi connectivity index (χ0n) is 15.2. The number of aromatic nitrogens is 4. The number of halogens is 1. The summed E-state index contributed by atoms with van der Waals surface area (Å²) in [5.74, 6) is 1.15. The summed E-state index contributed by atoms with van der Waals surface area (Å²) in [6.07, 6.45) is 0. The number of nitrogens with zero attached hydrogens (tertiary/aromatic N) is 6. The van der Waals surface area contributed by atoms with Crippen molar-refractivity contribution >= 4 is 40.3 Å². The molecule has 0 unspecified atom stereocenters. The maximum Gasteiger partial charge on any atom is 0.228 e. The van der Waals surface area contributed by atoms with E-state index in [-0.39, 0.29) is 5.91 Å². The van der Waals surface area contributed by atoms with Gasteiger partial charge in [-0.3, -0.25) is 9.48 Å². The van der Waals surface area contributed by atoms with E-state index in [1.165, 1.54) is 0 Å². The lowest BCUT2D eigenvalue weighted by atomic mass is 10.1. The molecule has 140 valence electrons. The van der Waals surface area contributed by atoms with Gasteiger partial charge in [0, 0.05) is 50.7 Å². The molecular weight excluding hydrogens is 366 g/mol. The van der Waals surface area contributed by atoms with E-state index in [1.54, 1.807) is 18.7 Å². The lowest BCUT2D eigenvalue weighted by Crippen LogP contribution is -2.48. The van der Waals surface area contributed by atoms with Gasteiger partial charge in [-0.25, -0.2) is 4.98 Å². The van der Waals surface area contributed by atoms with Crippen molar-refractivity contribution in [3.8, 4) is 11.3 Å². The van der Waals surface area contributed by atoms with Crippen LogP contribution in [0.5, 0.6) is 0 Å². The predicted octanol–water partition coefficient (Wildman–Crippen LogP) is 1.93. The van der Waals surface area contributed by atoms with Gasteiger partial charge in [0.25, 0.3) is 0 Å². The fourth-order valence-corrected chi connectivity index (χ4v) is 3.54. The van der Waals surface area contributed by atoms with Crippen LogP contribution >= 0.6 is 11.6 Å². The van der Waals surface area contributed by atoms with E-state index in [2.05, 4.69) is 15.0 Å². The van der Waals surface area contributed by atoms with Crippen molar-refractivity contribution in [3.05, 3.63) is 29.3 Å². The first-order chi connectivity index (χ1) is 13.0. The van der Waals surface area contributed by atoms with E-state index < -0.39 is 0 Å². The van der Waals surface area contributed by atoms with Gasteiger partial charge in [-0.1, -0.05) is 29.8 Å². The Morgan fingerprint density at radius 3 is 2.52 bits per heavy atom. The number of carbonyl (C=O) groups excluding carboxylic acids is 1. The van der Waals surface area contributed by atoms with E-state index in [0.717, 1.165) is 5.56 Å². The lowest BCUT2D eigenvalue weighted by Gasteiger charge is -2.34. The molecule has 0 aliphatic carbocycles. The van der Waals surface area contributed by atoms with Gasteiger partial charge < -0.3 is 15.5 Å². The minimum absolute atomic E-state index is 0.0836. The van der Waals surface area contributed by atoms with Crippen molar-refractivity contribution in [2.45, 2.75) is 6.92 Å². The molecule has 9 heteroatoms. The molecule has 1 amide bonds. The molecule has 1 aromatic carbocycles. The average Bonchev–Trinajstić information content (AvgIpc) is 2.95. The molecule has 3 heterocycles. The summed E-state index contributed by atoms with van der Waals surface area (Å²) in [6, 6.07) is 7.52. The van der Waals surface area contributed by atoms with E-state index in [9.17, 15) is 4.79 Å². The number of fused-ring (bicyclic) bond motifs is 1. The van der Waals surface area contributed by atoms with Crippen LogP contribution in [0.3, 0.4) is 0 Å². The third-order valence-electron chi connectivity index (χ3n) is 4.86. The van der Waals surface area contributed by atoms with Crippen molar-refractivity contribution in [2.75, 3.05) is 36.8 Å². The lowest BCUT2D eigenvalue weighted by molar-refractivity contribution is -0.129. The summed E-state index contributed by atoms with van der Waals surface area (Å²) < 4.78 is 1.59. The standard InChI is InChI=1S/C18H20ClN7O/c1-11(27)25-7-9-26(10-8-25)18-21-15(12-5-3-4-6-13(12)19)14-16(20)24(2)23-17(14)22-18/h3-6H,7-10,20H2,1-2H3. The average molecular weight is 386 g/mol. The molecule has 0 spiro atoms. The van der Waals surface area contributed by atoms with Gasteiger partial charge >= 0.3 is 0 Å². The van der Waals surface area contributed by atoms with Crippen LogP contribution in [-0.2, 0) is 11.8 Å². The Morgan fingerprint density at radius 1 is 1.15 bits per heavy atom. The minimum atomic E-state index is 0.0836. The number of hydrogen-bond donors (Lipinski definition) is 1. The van der Waals surface area contributed by atoms with Crippen LogP contribution in [0.2, 0.25) is 5.02 Å². The first-order valence-corrected chi connectivity index (χ1v) is 9.09. The van der Waals surface area contributed by atoms with Gasteiger partial charge in [0.2, 0.25) is 11.9 Å². The van der Waals surface area contributed by atoms with Crippen LogP contribution in [0.25, 0.3) is 22.3 Å². The minimum Gasteiger partial charge on any atom is -0.383 e. The highest BCUT2D eigenvalue weighted by Gasteiger charge is 2.24. The maximum absolute atomic E-state index is 11.6. The number of aryl methyl sites for hydroxylation is 1. The monoisotopic (exact) mass is 385 g/mol. The normalized spacial score (nSPS) is 14.8. The third-order valence-corrected chi connectivity index (χ3v) is 5.19. The Hall–Kier alpha value is -2.87. The zero-order valence-corrected chi connectivity index (χ0v) is 15.9. The number of rotatable bonds is 2. The van der Waals surface area contributed by atoms with Crippen LogP contribution in [0.15, 0.2) is 24.3 Å². The van der Waals surface area contributed by atoms with Gasteiger partial charge in [0.1, 0.15) is 5.82 Å². The molecule has 1 saturated heterocycles. The number of carbonyl (C=O) groups is 1. The van der Waals surface area contributed by atoms with Crippen LogP contribution in [-0.4, -0.2) is 56.7 Å². The smallest absolute Gasteiger partial charge is 0.228 e. The van der Waals surface area contributed by atoms with Gasteiger partial charge in [0.15, 0.2) is 5.65 Å². The molecule has 1 aliphatic heterocycles. The zero-order chi connectivity index (χ0) is 19.1. The Kier molecular flexibility index (Phi) is 4.35. The summed E-state index contributed by atoms with van der Waals surface area (Å²) in [7, 11) is 1.78. The molecule has 8 nitrogen and oxygen atoms in total. The second kappa shape index (κ2) is 6.70. The van der Waals surface area contributed by atoms with Crippen LogP contribution in [0.4, 0.5) is 11.8 Å². The van der Waals surface area contributed by atoms with Gasteiger partial charge in [-0.2, -0.15) is 10.1 Å². The topological polar surface area (TPSA) is 93.2 Å². The number of amides is 1. The van der Waals surface area contributed by atoms with Crippen molar-refractivity contribution in [2.24, 2.45) is 7.05 Å². The second-order valence-electron chi connectivity index (χ2n) is 6.55. The number of nitrogens with two attached hydrogens (primary N) is 1. The molecule has 1 fully saturated rings. The number of benzene rings is 1. The quantitative estimate of drug-likeness (QED) is 0.724. The number of nitrogen functional groups attached to an aromatic ring is 1. The van der Waals surface area contributed by atoms with Crippen LogP contribution in [0.1, 0.15) is 6.92 Å². The van der Waals surface area contributed by atoms with Crippen molar-refractivity contribution in [1.29, 1.82) is 0 Å². The molecule has 2 aromatic heterocycles. The van der Waals surface area contributed by atoms with Crippen LogP contribution in [0, 0.1) is 0 Å². The predicted molar refractivity (Wildman–Crippen MR) is 106 cm³/mol. The molecule has 3 aromatic rings. The summed E-state index contributed by atoms with van der Waals surface area (Å²) in [4.78, 5) is 24.9. The van der Waals surface area contributed by atoms with Crippen molar-refractivity contribution in [3.63, 3.8) is 0 Å². The SMILES string of the molecule is CC(=O)N1CCN(c2nc(-c3ccccc3Cl)c3c(N)n(C)nc3n2)CC1. The summed E-state index contributed by atoms with van der Waals surface area (Å²) in [5.41, 5.74) is 8.21. The van der Waals surface area contributed by atoms with E-state index in [0.29, 0.717) is 59.7 Å². The molecule has 2 N–H and O–H groups in total.